The van der Waals surface area contributed by atoms with Crippen LogP contribution in [0.1, 0.15) is 18.4 Å². The number of anilines is 1. The second kappa shape index (κ2) is 6.68. The van der Waals surface area contributed by atoms with Gasteiger partial charge in [0.1, 0.15) is 13.2 Å². The summed E-state index contributed by atoms with van der Waals surface area (Å²) >= 11 is 0. The minimum absolute atomic E-state index is 0.0131. The van der Waals surface area contributed by atoms with E-state index in [4.69, 9.17) is 4.74 Å². The molecule has 0 spiro atoms. The summed E-state index contributed by atoms with van der Waals surface area (Å²) in [5.74, 6) is -0.0637. The molecule has 0 radical (unpaired) electrons. The second-order valence-electron chi connectivity index (χ2n) is 5.63. The van der Waals surface area contributed by atoms with E-state index in [2.05, 4.69) is 5.32 Å². The lowest BCUT2D eigenvalue weighted by molar-refractivity contribution is -0.121. The van der Waals surface area contributed by atoms with E-state index in [0.29, 0.717) is 26.1 Å². The maximum Gasteiger partial charge on any atom is 0.410 e. The Morgan fingerprint density at radius 2 is 1.96 bits per heavy atom. The summed E-state index contributed by atoms with van der Waals surface area (Å²) in [6.07, 6.45) is 1.06. The van der Waals surface area contributed by atoms with Crippen LogP contribution in [-0.4, -0.2) is 49.0 Å². The highest BCUT2D eigenvalue weighted by Crippen LogP contribution is 2.21. The molecule has 2 aliphatic heterocycles. The van der Waals surface area contributed by atoms with Gasteiger partial charge in [-0.1, -0.05) is 12.1 Å². The van der Waals surface area contributed by atoms with Crippen LogP contribution in [0.3, 0.4) is 0 Å². The molecule has 7 heteroatoms. The van der Waals surface area contributed by atoms with Crippen LogP contribution < -0.4 is 10.2 Å². The third-order valence-electron chi connectivity index (χ3n) is 3.99. The predicted molar refractivity (Wildman–Crippen MR) is 82.8 cm³/mol. The molecule has 7 nitrogen and oxygen atoms in total. The van der Waals surface area contributed by atoms with Gasteiger partial charge in [-0.05, 0) is 24.1 Å². The van der Waals surface area contributed by atoms with Gasteiger partial charge >= 0.3 is 6.09 Å². The summed E-state index contributed by atoms with van der Waals surface area (Å²) in [4.78, 5) is 37.9. The first-order chi connectivity index (χ1) is 11.1. The normalized spacial score (nSPS) is 17.6. The Bertz CT molecular complexity index is 614. The fraction of sp³-hybridized carbons (Fsp3) is 0.438. The van der Waals surface area contributed by atoms with Crippen LogP contribution in [0.15, 0.2) is 24.3 Å². The van der Waals surface area contributed by atoms with Gasteiger partial charge in [0.2, 0.25) is 11.8 Å². The molecular formula is C16H19N3O4. The topological polar surface area (TPSA) is 79.0 Å². The van der Waals surface area contributed by atoms with Crippen LogP contribution >= 0.6 is 0 Å². The molecule has 2 heterocycles. The van der Waals surface area contributed by atoms with Crippen molar-refractivity contribution in [2.24, 2.45) is 0 Å². The number of carbonyl (C=O) groups is 3. The van der Waals surface area contributed by atoms with Crippen molar-refractivity contribution in [2.75, 3.05) is 31.1 Å². The number of amides is 3. The highest BCUT2D eigenvalue weighted by Gasteiger charge is 2.24. The average molecular weight is 317 g/mol. The molecule has 0 unspecified atom stereocenters. The number of rotatable bonds is 5. The first kappa shape index (κ1) is 15.3. The molecular weight excluding hydrogens is 298 g/mol. The van der Waals surface area contributed by atoms with Crippen LogP contribution in [0, 0.1) is 0 Å². The molecule has 1 aromatic carbocycles. The Morgan fingerprint density at radius 1 is 1.17 bits per heavy atom. The van der Waals surface area contributed by atoms with Crippen molar-refractivity contribution in [2.45, 2.75) is 19.4 Å². The fourth-order valence-electron chi connectivity index (χ4n) is 2.71. The zero-order valence-corrected chi connectivity index (χ0v) is 12.8. The van der Waals surface area contributed by atoms with Crippen LogP contribution in [0.25, 0.3) is 0 Å². The number of nitrogens with one attached hydrogen (secondary N) is 1. The van der Waals surface area contributed by atoms with Crippen LogP contribution in [0.4, 0.5) is 10.5 Å². The van der Waals surface area contributed by atoms with Gasteiger partial charge in [0.05, 0.1) is 6.54 Å². The first-order valence-electron chi connectivity index (χ1n) is 7.71. The van der Waals surface area contributed by atoms with E-state index >= 15 is 0 Å². The molecule has 23 heavy (non-hydrogen) atoms. The van der Waals surface area contributed by atoms with E-state index in [9.17, 15) is 14.4 Å². The third-order valence-corrected chi connectivity index (χ3v) is 3.99. The Labute approximate surface area is 134 Å². The van der Waals surface area contributed by atoms with Gasteiger partial charge < -0.3 is 15.0 Å². The highest BCUT2D eigenvalue weighted by atomic mass is 16.6. The van der Waals surface area contributed by atoms with Gasteiger partial charge in [0, 0.05) is 25.2 Å². The minimum atomic E-state index is -0.445. The van der Waals surface area contributed by atoms with Crippen molar-refractivity contribution in [3.63, 3.8) is 0 Å². The van der Waals surface area contributed by atoms with Crippen LogP contribution in [-0.2, 0) is 20.9 Å². The number of cyclic esters (lactones) is 1. The van der Waals surface area contributed by atoms with Crippen LogP contribution in [0.2, 0.25) is 0 Å². The van der Waals surface area contributed by atoms with Gasteiger partial charge in [0.15, 0.2) is 0 Å². The lowest BCUT2D eigenvalue weighted by atomic mass is 10.2. The molecule has 1 aromatic rings. The predicted octanol–water partition coefficient (Wildman–Crippen LogP) is 0.882. The lowest BCUT2D eigenvalue weighted by Crippen LogP contribution is -2.37. The maximum absolute atomic E-state index is 11.8. The summed E-state index contributed by atoms with van der Waals surface area (Å²) in [5, 5.41) is 2.78. The zero-order valence-electron chi connectivity index (χ0n) is 12.8. The van der Waals surface area contributed by atoms with Crippen LogP contribution in [0.5, 0.6) is 0 Å². The standard InChI is InChI=1S/C16H19N3O4/c20-14(11-18-8-9-23-16(18)22)17-10-12-3-5-13(6-4-12)19-7-1-2-15(19)21/h3-6H,1-2,7-11H2,(H,17,20). The number of nitrogens with zero attached hydrogens (tertiary/aromatic N) is 2. The zero-order chi connectivity index (χ0) is 16.2. The van der Waals surface area contributed by atoms with E-state index in [0.717, 1.165) is 24.2 Å². The molecule has 1 N–H and O–H groups in total. The molecule has 0 aromatic heterocycles. The lowest BCUT2D eigenvalue weighted by Gasteiger charge is -2.16. The molecule has 0 bridgehead atoms. The SMILES string of the molecule is O=C(CN1CCOC1=O)NCc1ccc(N2CCCC2=O)cc1. The minimum Gasteiger partial charge on any atom is -0.448 e. The largest absolute Gasteiger partial charge is 0.448 e. The van der Waals surface area contributed by atoms with Crippen molar-refractivity contribution in [1.29, 1.82) is 0 Å². The molecule has 2 aliphatic rings. The molecule has 0 saturated carbocycles. The van der Waals surface area contributed by atoms with Gasteiger partial charge in [-0.25, -0.2) is 4.79 Å². The first-order valence-corrected chi connectivity index (χ1v) is 7.71. The fourth-order valence-corrected chi connectivity index (χ4v) is 2.71. The molecule has 122 valence electrons. The maximum atomic E-state index is 11.8. The number of benzene rings is 1. The highest BCUT2D eigenvalue weighted by molar-refractivity contribution is 5.95. The summed E-state index contributed by atoms with van der Waals surface area (Å²) in [7, 11) is 0. The van der Waals surface area contributed by atoms with Crippen molar-refractivity contribution < 1.29 is 19.1 Å². The average Bonchev–Trinajstić information content (AvgIpc) is 3.15. The Balaban J connectivity index is 1.49. The number of ether oxygens (including phenoxy) is 1. The van der Waals surface area contributed by atoms with E-state index < -0.39 is 6.09 Å². The number of carbonyl (C=O) groups excluding carboxylic acids is 3. The number of hydrogen-bond donors (Lipinski definition) is 1. The summed E-state index contributed by atoms with van der Waals surface area (Å²) in [6, 6.07) is 7.57. The van der Waals surface area contributed by atoms with Crippen molar-refractivity contribution >= 4 is 23.6 Å². The van der Waals surface area contributed by atoms with Crippen molar-refractivity contribution in [3.05, 3.63) is 29.8 Å². The van der Waals surface area contributed by atoms with Gasteiger partial charge in [-0.2, -0.15) is 0 Å². The summed E-state index contributed by atoms with van der Waals surface area (Å²) < 4.78 is 4.77. The van der Waals surface area contributed by atoms with Gasteiger partial charge in [-0.15, -0.1) is 0 Å². The Morgan fingerprint density at radius 3 is 2.57 bits per heavy atom. The second-order valence-corrected chi connectivity index (χ2v) is 5.63. The summed E-state index contributed by atoms with van der Waals surface area (Å²) in [6.45, 7) is 1.95. The van der Waals surface area contributed by atoms with E-state index in [1.165, 1.54) is 4.90 Å². The quantitative estimate of drug-likeness (QED) is 0.874. The van der Waals surface area contributed by atoms with E-state index in [-0.39, 0.29) is 18.4 Å². The molecule has 0 atom stereocenters. The van der Waals surface area contributed by atoms with E-state index in [1.54, 1.807) is 4.90 Å². The van der Waals surface area contributed by atoms with Gasteiger partial charge in [-0.3, -0.25) is 14.5 Å². The molecule has 0 aliphatic carbocycles. The smallest absolute Gasteiger partial charge is 0.410 e. The van der Waals surface area contributed by atoms with Crippen molar-refractivity contribution in [3.8, 4) is 0 Å². The van der Waals surface area contributed by atoms with E-state index in [1.807, 2.05) is 24.3 Å². The molecule has 2 fully saturated rings. The Kier molecular flexibility index (Phi) is 4.45. The Hall–Kier alpha value is -2.57. The molecule has 2 saturated heterocycles. The molecule has 3 rings (SSSR count). The van der Waals surface area contributed by atoms with Gasteiger partial charge in [0.25, 0.3) is 0 Å². The summed E-state index contributed by atoms with van der Waals surface area (Å²) in [5.41, 5.74) is 1.83. The molecule has 3 amide bonds. The monoisotopic (exact) mass is 317 g/mol. The van der Waals surface area contributed by atoms with Crippen molar-refractivity contribution in [1.82, 2.24) is 10.2 Å². The third kappa shape index (κ3) is 3.61. The number of hydrogen-bond acceptors (Lipinski definition) is 4.